The van der Waals surface area contributed by atoms with Crippen LogP contribution in [0.4, 0.5) is 0 Å². The van der Waals surface area contributed by atoms with Gasteiger partial charge >= 0.3 is 0 Å². The van der Waals surface area contributed by atoms with Crippen LogP contribution >= 0.6 is 0 Å². The molecule has 5 atom stereocenters. The molecular formula is C9H10O. The first-order chi connectivity index (χ1) is 4.88. The van der Waals surface area contributed by atoms with Crippen LogP contribution < -0.4 is 0 Å². The van der Waals surface area contributed by atoms with Crippen molar-refractivity contribution in [3.05, 3.63) is 11.1 Å². The molecule has 0 radical (unpaired) electrons. The standard InChI is InChI=1S/C9H10O/c1-3-6-4-2-5(7(3)6)9-8(4)10-9/h4-6,8-9H,2H2,1H3. The zero-order valence-electron chi connectivity index (χ0n) is 6.00. The van der Waals surface area contributed by atoms with E-state index in [-0.39, 0.29) is 0 Å². The first kappa shape index (κ1) is 4.55. The molecule has 0 aromatic rings. The van der Waals surface area contributed by atoms with Gasteiger partial charge in [0.1, 0.15) is 0 Å². The van der Waals surface area contributed by atoms with Crippen molar-refractivity contribution >= 4 is 0 Å². The molecule has 4 rings (SSSR count). The van der Waals surface area contributed by atoms with E-state index in [0.29, 0.717) is 12.2 Å². The van der Waals surface area contributed by atoms with Crippen molar-refractivity contribution in [2.24, 2.45) is 17.8 Å². The Labute approximate surface area is 60.1 Å². The molecule has 1 heteroatoms. The summed E-state index contributed by atoms with van der Waals surface area (Å²) in [5.74, 6) is 2.76. The van der Waals surface area contributed by atoms with Crippen molar-refractivity contribution in [2.45, 2.75) is 25.6 Å². The Hall–Kier alpha value is -0.300. The minimum absolute atomic E-state index is 0.689. The van der Waals surface area contributed by atoms with Gasteiger partial charge in [-0.05, 0) is 19.3 Å². The maximum atomic E-state index is 5.55. The topological polar surface area (TPSA) is 12.5 Å². The molecule has 0 amide bonds. The van der Waals surface area contributed by atoms with Gasteiger partial charge in [0.15, 0.2) is 0 Å². The summed E-state index contributed by atoms with van der Waals surface area (Å²) in [4.78, 5) is 0. The highest BCUT2D eigenvalue weighted by molar-refractivity contribution is 5.51. The molecule has 2 bridgehead atoms. The van der Waals surface area contributed by atoms with Gasteiger partial charge in [0.25, 0.3) is 0 Å². The molecule has 3 fully saturated rings. The smallest absolute Gasteiger partial charge is 0.0910 e. The van der Waals surface area contributed by atoms with Gasteiger partial charge in [0.05, 0.1) is 12.2 Å². The van der Waals surface area contributed by atoms with Gasteiger partial charge in [-0.2, -0.15) is 0 Å². The van der Waals surface area contributed by atoms with Gasteiger partial charge in [0.2, 0.25) is 0 Å². The normalized spacial score (nSPS) is 66.3. The lowest BCUT2D eigenvalue weighted by atomic mass is 9.99. The molecule has 52 valence electrons. The van der Waals surface area contributed by atoms with E-state index >= 15 is 0 Å². The maximum Gasteiger partial charge on any atom is 0.0910 e. The SMILES string of the molecule is CC1=C2C3CC(C12)C1OC31. The Morgan fingerprint density at radius 3 is 3.10 bits per heavy atom. The fourth-order valence-electron chi connectivity index (χ4n) is 3.45. The molecule has 0 aromatic heterocycles. The van der Waals surface area contributed by atoms with Gasteiger partial charge in [-0.3, -0.25) is 0 Å². The third kappa shape index (κ3) is 0.271. The van der Waals surface area contributed by atoms with Gasteiger partial charge in [-0.15, -0.1) is 0 Å². The van der Waals surface area contributed by atoms with Crippen LogP contribution in [0.5, 0.6) is 0 Å². The van der Waals surface area contributed by atoms with E-state index in [1.807, 2.05) is 0 Å². The number of epoxide rings is 1. The van der Waals surface area contributed by atoms with Crippen molar-refractivity contribution < 1.29 is 4.74 Å². The van der Waals surface area contributed by atoms with Crippen molar-refractivity contribution in [3.63, 3.8) is 0 Å². The molecular weight excluding hydrogens is 124 g/mol. The van der Waals surface area contributed by atoms with Gasteiger partial charge < -0.3 is 4.74 Å². The summed E-state index contributed by atoms with van der Waals surface area (Å²) in [6.45, 7) is 2.31. The van der Waals surface area contributed by atoms with E-state index < -0.39 is 0 Å². The Morgan fingerprint density at radius 1 is 1.40 bits per heavy atom. The van der Waals surface area contributed by atoms with E-state index in [1.165, 1.54) is 6.42 Å². The van der Waals surface area contributed by atoms with Crippen LogP contribution in [-0.2, 0) is 4.74 Å². The number of rotatable bonds is 0. The molecule has 1 aliphatic heterocycles. The molecule has 4 aliphatic rings. The molecule has 0 N–H and O–H groups in total. The number of hydrogen-bond donors (Lipinski definition) is 0. The fraction of sp³-hybridized carbons (Fsp3) is 0.778. The predicted octanol–water partition coefficient (Wildman–Crippen LogP) is 1.35. The summed E-state index contributed by atoms with van der Waals surface area (Å²) in [6.07, 6.45) is 2.86. The third-order valence-electron chi connectivity index (χ3n) is 3.91. The third-order valence-corrected chi connectivity index (χ3v) is 3.91. The van der Waals surface area contributed by atoms with Crippen LogP contribution in [0.1, 0.15) is 13.3 Å². The molecule has 10 heavy (non-hydrogen) atoms. The molecule has 1 saturated heterocycles. The molecule has 0 aromatic carbocycles. The zero-order chi connectivity index (χ0) is 6.46. The lowest BCUT2D eigenvalue weighted by Gasteiger charge is -2.04. The van der Waals surface area contributed by atoms with E-state index in [9.17, 15) is 0 Å². The molecule has 1 heterocycles. The van der Waals surface area contributed by atoms with Crippen LogP contribution in [-0.4, -0.2) is 12.2 Å². The summed E-state index contributed by atoms with van der Waals surface area (Å²) in [6, 6.07) is 0. The second kappa shape index (κ2) is 1.00. The van der Waals surface area contributed by atoms with Gasteiger partial charge in [-0.1, -0.05) is 11.1 Å². The molecule has 1 nitrogen and oxygen atoms in total. The monoisotopic (exact) mass is 134 g/mol. The van der Waals surface area contributed by atoms with E-state index in [4.69, 9.17) is 4.74 Å². The van der Waals surface area contributed by atoms with E-state index in [1.54, 1.807) is 11.1 Å². The highest BCUT2D eigenvalue weighted by Crippen LogP contribution is 2.70. The largest absolute Gasteiger partial charge is 0.369 e. The number of fused-ring (bicyclic) bond motifs is 8. The van der Waals surface area contributed by atoms with E-state index in [0.717, 1.165) is 17.8 Å². The van der Waals surface area contributed by atoms with E-state index in [2.05, 4.69) is 6.92 Å². The summed E-state index contributed by atoms with van der Waals surface area (Å²) in [5, 5.41) is 0. The molecule has 0 spiro atoms. The van der Waals surface area contributed by atoms with Crippen LogP contribution in [0.3, 0.4) is 0 Å². The number of hydrogen-bond acceptors (Lipinski definition) is 1. The molecule has 5 unspecified atom stereocenters. The fourth-order valence-corrected chi connectivity index (χ4v) is 3.45. The van der Waals surface area contributed by atoms with Gasteiger partial charge in [0, 0.05) is 11.8 Å². The number of ether oxygens (including phenoxy) is 1. The molecule has 2 saturated carbocycles. The zero-order valence-corrected chi connectivity index (χ0v) is 6.00. The lowest BCUT2D eigenvalue weighted by Crippen LogP contribution is -2.08. The highest BCUT2D eigenvalue weighted by atomic mass is 16.6. The Kier molecular flexibility index (Phi) is 0.456. The van der Waals surface area contributed by atoms with Crippen LogP contribution in [0.25, 0.3) is 0 Å². The van der Waals surface area contributed by atoms with Crippen molar-refractivity contribution in [1.29, 1.82) is 0 Å². The second-order valence-electron chi connectivity index (χ2n) is 4.19. The van der Waals surface area contributed by atoms with Crippen LogP contribution in [0.15, 0.2) is 11.1 Å². The quantitative estimate of drug-likeness (QED) is 0.360. The summed E-state index contributed by atoms with van der Waals surface area (Å²) >= 11 is 0. The van der Waals surface area contributed by atoms with Crippen LogP contribution in [0.2, 0.25) is 0 Å². The first-order valence-electron chi connectivity index (χ1n) is 4.24. The Morgan fingerprint density at radius 2 is 2.30 bits per heavy atom. The predicted molar refractivity (Wildman–Crippen MR) is 36.4 cm³/mol. The van der Waals surface area contributed by atoms with Crippen molar-refractivity contribution in [2.75, 3.05) is 0 Å². The summed E-state index contributed by atoms with van der Waals surface area (Å²) in [7, 11) is 0. The summed E-state index contributed by atoms with van der Waals surface area (Å²) in [5.41, 5.74) is 3.51. The average molecular weight is 134 g/mol. The second-order valence-corrected chi connectivity index (χ2v) is 4.19. The van der Waals surface area contributed by atoms with Crippen molar-refractivity contribution in [1.82, 2.24) is 0 Å². The summed E-state index contributed by atoms with van der Waals surface area (Å²) < 4.78 is 5.55. The van der Waals surface area contributed by atoms with Gasteiger partial charge in [-0.25, -0.2) is 0 Å². The lowest BCUT2D eigenvalue weighted by molar-refractivity contribution is 0.255. The Balaban J connectivity index is 1.92. The average Bonchev–Trinajstić information content (AvgIpc) is 2.78. The minimum Gasteiger partial charge on any atom is -0.369 e. The molecule has 3 aliphatic carbocycles. The maximum absolute atomic E-state index is 5.55. The van der Waals surface area contributed by atoms with Crippen LogP contribution in [0, 0.1) is 17.8 Å². The highest BCUT2D eigenvalue weighted by Gasteiger charge is 2.70. The van der Waals surface area contributed by atoms with Crippen molar-refractivity contribution in [3.8, 4) is 0 Å². The minimum atomic E-state index is 0.689. The number of allylic oxidation sites excluding steroid dienone is 1. The first-order valence-corrected chi connectivity index (χ1v) is 4.24. The Bertz CT molecular complexity index is 266.